The minimum Gasteiger partial charge on any atom is -0.400 e. The molecule has 12 aliphatic rings. The van der Waals surface area contributed by atoms with Crippen LogP contribution in [-0.2, 0) is 9.84 Å². The number of allylic oxidation sites excluding steroid dienone is 2. The maximum Gasteiger partial charge on any atom is 0.181 e. The van der Waals surface area contributed by atoms with Gasteiger partial charge in [-0.25, -0.2) is 8.42 Å². The molecular weight excluding hydrogens is 1010 g/mol. The zero-order valence-corrected chi connectivity index (χ0v) is 53.0. The van der Waals surface area contributed by atoms with Crippen molar-refractivity contribution in [3.63, 3.8) is 0 Å². The Morgan fingerprint density at radius 1 is 0.550 bits per heavy atom. The van der Waals surface area contributed by atoms with Gasteiger partial charge in [-0.1, -0.05) is 90.0 Å². The summed E-state index contributed by atoms with van der Waals surface area (Å²) in [7, 11) is -2.61. The molecular formula is C72H114O7S. The second kappa shape index (κ2) is 21.1. The van der Waals surface area contributed by atoms with Crippen molar-refractivity contribution in [1.82, 2.24) is 0 Å². The van der Waals surface area contributed by atoms with E-state index < -0.39 is 31.9 Å². The van der Waals surface area contributed by atoms with Crippen molar-refractivity contribution >= 4 is 9.84 Å². The Morgan fingerprint density at radius 3 is 1.54 bits per heavy atom. The Bertz CT molecular complexity index is 2550. The highest BCUT2D eigenvalue weighted by atomic mass is 32.2. The van der Waals surface area contributed by atoms with Crippen LogP contribution in [0.2, 0.25) is 0 Å². The summed E-state index contributed by atoms with van der Waals surface area (Å²) in [6, 6.07) is 9.09. The highest BCUT2D eigenvalue weighted by Gasteiger charge is 2.64. The first-order valence-electron chi connectivity index (χ1n) is 33.6. The predicted octanol–water partition coefficient (Wildman–Crippen LogP) is 15.9. The zero-order valence-electron chi connectivity index (χ0n) is 52.1. The topological polar surface area (TPSA) is 135 Å². The third kappa shape index (κ3) is 10.6. The molecule has 1 aromatic carbocycles. The Balaban J connectivity index is 0.000000167. The molecule has 0 radical (unpaired) electrons. The molecule has 2 spiro atoms. The van der Waals surface area contributed by atoms with E-state index in [-0.39, 0.29) is 22.3 Å². The number of benzene rings is 1. The molecule has 12 aliphatic carbocycles. The maximum atomic E-state index is 14.5. The number of aliphatic hydroxyl groups is 5. The van der Waals surface area contributed by atoms with Crippen molar-refractivity contribution < 1.29 is 34.0 Å². The number of fused-ring (bicyclic) bond motifs is 10. The van der Waals surface area contributed by atoms with Crippen LogP contribution in [-0.4, -0.2) is 68.7 Å². The molecule has 0 aliphatic heterocycles. The van der Waals surface area contributed by atoms with Gasteiger partial charge in [-0.15, -0.1) is 0 Å². The summed E-state index contributed by atoms with van der Waals surface area (Å²) in [6.45, 7) is 21.6. The Hall–Kier alpha value is -1.55. The van der Waals surface area contributed by atoms with Gasteiger partial charge in [0.1, 0.15) is 0 Å². The van der Waals surface area contributed by atoms with Gasteiger partial charge in [-0.05, 0) is 316 Å². The third-order valence-electron chi connectivity index (χ3n) is 28.6. The average molecular weight is 1120 g/mol. The highest BCUT2D eigenvalue weighted by molar-refractivity contribution is 7.92. The summed E-state index contributed by atoms with van der Waals surface area (Å²) < 4.78 is 29.0. The lowest BCUT2D eigenvalue weighted by Gasteiger charge is -2.59. The third-order valence-corrected chi connectivity index (χ3v) is 30.9. The summed E-state index contributed by atoms with van der Waals surface area (Å²) in [4.78, 5) is 0.416. The molecule has 5 N–H and O–H groups in total. The fourth-order valence-corrected chi connectivity index (χ4v) is 25.3. The molecule has 450 valence electrons. The van der Waals surface area contributed by atoms with E-state index >= 15 is 0 Å². The van der Waals surface area contributed by atoms with Crippen LogP contribution in [0.3, 0.4) is 0 Å². The van der Waals surface area contributed by atoms with E-state index in [0.29, 0.717) is 62.6 Å². The molecule has 10 fully saturated rings. The fourth-order valence-electron chi connectivity index (χ4n) is 23.1. The quantitative estimate of drug-likeness (QED) is 0.147. The van der Waals surface area contributed by atoms with Crippen molar-refractivity contribution in [1.29, 1.82) is 0 Å². The van der Waals surface area contributed by atoms with E-state index in [9.17, 15) is 28.8 Å². The van der Waals surface area contributed by atoms with Gasteiger partial charge in [0.05, 0.1) is 32.5 Å². The van der Waals surface area contributed by atoms with E-state index in [1.54, 1.807) is 17.7 Å². The first kappa shape index (κ1) is 60.2. The highest BCUT2D eigenvalue weighted by Crippen LogP contribution is 2.71. The second-order valence-corrected chi connectivity index (χ2v) is 35.5. The van der Waals surface area contributed by atoms with Crippen LogP contribution in [0.5, 0.6) is 0 Å². The van der Waals surface area contributed by atoms with Crippen molar-refractivity contribution in [3.05, 3.63) is 53.6 Å². The maximum absolute atomic E-state index is 14.5. The minimum absolute atomic E-state index is 0.00681. The monoisotopic (exact) mass is 1120 g/mol. The SMILES string of the molecule is CC1C[C@H]2[C@@H]3CC=C4C[C@@](C)(O)CC[C@]4(C)[C@H]3CC[C@]2(C)[C@H]1[C@H](C)CCC1(O)CCC2(CC1)CC2.CO.C[C@H](C(CC1(O)CCC2(CC1)CC2)S(=O)(=O)c1ccccc1)[C@H]1CC[C@H]2[C@@H]3CC=C4C[C@@](C)(O)CC[C@]4(C)[C@H]3CC[C@]12C. The molecule has 18 atom stereocenters. The van der Waals surface area contributed by atoms with Gasteiger partial charge in [0.15, 0.2) is 9.84 Å². The van der Waals surface area contributed by atoms with Crippen LogP contribution in [0.15, 0.2) is 58.5 Å². The molecule has 2 unspecified atom stereocenters. The van der Waals surface area contributed by atoms with E-state index in [1.165, 1.54) is 95.5 Å². The van der Waals surface area contributed by atoms with E-state index in [0.717, 1.165) is 133 Å². The van der Waals surface area contributed by atoms with Gasteiger partial charge < -0.3 is 25.5 Å². The molecule has 80 heavy (non-hydrogen) atoms. The van der Waals surface area contributed by atoms with Crippen LogP contribution in [0, 0.1) is 97.6 Å². The Kier molecular flexibility index (Phi) is 15.9. The van der Waals surface area contributed by atoms with Crippen molar-refractivity contribution in [2.45, 2.75) is 287 Å². The van der Waals surface area contributed by atoms with Gasteiger partial charge >= 0.3 is 0 Å². The fraction of sp³-hybridized carbons (Fsp3) is 0.861. The number of aliphatic hydroxyl groups excluding tert-OH is 1. The van der Waals surface area contributed by atoms with Crippen LogP contribution in [0.4, 0.5) is 0 Å². The molecule has 0 bridgehead atoms. The van der Waals surface area contributed by atoms with Gasteiger partial charge in [0, 0.05) is 7.11 Å². The number of sulfone groups is 1. The smallest absolute Gasteiger partial charge is 0.181 e. The first-order chi connectivity index (χ1) is 37.6. The summed E-state index contributed by atoms with van der Waals surface area (Å²) in [6.07, 6.45) is 38.4. The molecule has 7 nitrogen and oxygen atoms in total. The van der Waals surface area contributed by atoms with Crippen LogP contribution >= 0.6 is 0 Å². The number of rotatable bonds is 10. The summed E-state index contributed by atoms with van der Waals surface area (Å²) in [5.74, 6) is 7.09. The lowest BCUT2D eigenvalue weighted by atomic mass is 9.46. The van der Waals surface area contributed by atoms with Crippen LogP contribution < -0.4 is 0 Å². The van der Waals surface area contributed by atoms with Crippen molar-refractivity contribution in [2.24, 2.45) is 97.6 Å². The predicted molar refractivity (Wildman–Crippen MR) is 324 cm³/mol. The van der Waals surface area contributed by atoms with Crippen LogP contribution in [0.1, 0.15) is 255 Å². The molecule has 0 saturated heterocycles. The zero-order chi connectivity index (χ0) is 57.3. The summed E-state index contributed by atoms with van der Waals surface area (Å²) in [5, 5.41) is 51.4. The molecule has 1 aromatic rings. The number of hydrogen-bond donors (Lipinski definition) is 5. The van der Waals surface area contributed by atoms with E-state index in [2.05, 4.69) is 67.5 Å². The van der Waals surface area contributed by atoms with Gasteiger partial charge in [0.25, 0.3) is 0 Å². The molecule has 0 heterocycles. The molecule has 13 rings (SSSR count). The molecule has 8 heteroatoms. The average Bonchev–Trinajstić information content (AvgIpc) is 4.35. The Morgan fingerprint density at radius 2 is 1.02 bits per heavy atom. The largest absolute Gasteiger partial charge is 0.400 e. The lowest BCUT2D eigenvalue weighted by molar-refractivity contribution is -0.0739. The van der Waals surface area contributed by atoms with Gasteiger partial charge in [0.2, 0.25) is 0 Å². The number of hydrogen-bond acceptors (Lipinski definition) is 7. The summed E-state index contributed by atoms with van der Waals surface area (Å²) in [5.41, 5.74) is 2.99. The standard InChI is InChI=1S/C38H56O4S.C33H54O2.CH4O/c1-26(33(43(41,42)28-8-6-5-7-9-28)25-38(40)22-20-37(18-19-37)21-23-38)30-12-13-31-29-11-10-27-24-34(2,39)16-17-35(27,3)32(29)14-15-36(30,31)4;1-22(8-11-33(35)18-16-32(14-15-32)17-19-33)28-23(2)20-27-25-7-6-24-21-29(3,34)12-13-30(24,4)26(25)9-10-31(27,28)5;1-2/h5-10,26,29-33,39-40H,11-25H2,1-4H3;6,22-23,25-28,34-35H,7-21H2,1-5H3;2H,1H3/t26-,29-,30+,31-,32-,33?,34-,35-,36+;22-,23?,25-,26+,27+,28+,29+,30+,31+;/m01./s1. The lowest BCUT2D eigenvalue weighted by Crippen LogP contribution is -2.53. The molecule has 10 saturated carbocycles. The van der Waals surface area contributed by atoms with Crippen molar-refractivity contribution in [3.8, 4) is 0 Å². The second-order valence-electron chi connectivity index (χ2n) is 33.3. The molecule has 0 amide bonds. The van der Waals surface area contributed by atoms with E-state index in [1.807, 2.05) is 25.1 Å². The summed E-state index contributed by atoms with van der Waals surface area (Å²) >= 11 is 0. The first-order valence-corrected chi connectivity index (χ1v) is 35.2. The normalized spacial score (nSPS) is 46.4. The minimum atomic E-state index is -3.61. The van der Waals surface area contributed by atoms with Gasteiger partial charge in [-0.3, -0.25) is 0 Å². The van der Waals surface area contributed by atoms with Crippen LogP contribution in [0.25, 0.3) is 0 Å². The van der Waals surface area contributed by atoms with E-state index in [4.69, 9.17) is 5.11 Å². The molecule has 0 aromatic heterocycles. The van der Waals surface area contributed by atoms with Gasteiger partial charge in [-0.2, -0.15) is 0 Å². The Labute approximate surface area is 487 Å². The van der Waals surface area contributed by atoms with Crippen molar-refractivity contribution in [2.75, 3.05) is 7.11 Å².